The highest BCUT2D eigenvalue weighted by Crippen LogP contribution is 2.46. The van der Waals surface area contributed by atoms with Gasteiger partial charge in [0.15, 0.2) is 0 Å². The number of carboxylic acid groups (broad SMARTS) is 1. The van der Waals surface area contributed by atoms with Gasteiger partial charge in [-0.25, -0.2) is 4.99 Å². The lowest BCUT2D eigenvalue weighted by atomic mass is 10.1. The summed E-state index contributed by atoms with van der Waals surface area (Å²) < 4.78 is 31.5. The smallest absolute Gasteiger partial charge is 0.430 e. The van der Waals surface area contributed by atoms with Gasteiger partial charge in [-0.1, -0.05) is 30.3 Å². The number of aliphatic carboxylic acids is 1. The molecule has 120 valence electrons. The molecule has 0 radical (unpaired) electrons. The number of amides is 1. The average molecular weight is 317 g/mol. The minimum absolute atomic E-state index is 0.0227. The van der Waals surface area contributed by atoms with E-state index in [0.29, 0.717) is 5.92 Å². The molecule has 1 aliphatic carbocycles. The van der Waals surface area contributed by atoms with E-state index < -0.39 is 12.1 Å². The molecule has 2 atom stereocenters. The molecule has 5 N–H and O–H groups in total. The van der Waals surface area contributed by atoms with Gasteiger partial charge in [-0.05, 0) is 17.9 Å². The zero-order valence-electron chi connectivity index (χ0n) is 11.3. The summed E-state index contributed by atoms with van der Waals surface area (Å²) in [5.41, 5.74) is 11.6. The number of nitrogens with two attached hydrogens (primary N) is 2. The second-order valence-electron chi connectivity index (χ2n) is 4.59. The molecule has 0 unspecified atom stereocenters. The summed E-state index contributed by atoms with van der Waals surface area (Å²) in [7, 11) is 0. The van der Waals surface area contributed by atoms with Crippen LogP contribution in [0.15, 0.2) is 30.3 Å². The monoisotopic (exact) mass is 317 g/mol. The third-order valence-corrected chi connectivity index (χ3v) is 2.85. The fourth-order valence-corrected chi connectivity index (χ4v) is 1.79. The third kappa shape index (κ3) is 5.43. The van der Waals surface area contributed by atoms with E-state index in [4.69, 9.17) is 21.4 Å². The lowest BCUT2D eigenvalue weighted by Crippen LogP contribution is -2.82. The first-order chi connectivity index (χ1) is 10.1. The highest BCUT2D eigenvalue weighted by molar-refractivity contribution is 5.80. The number of rotatable bonds is 2. The van der Waals surface area contributed by atoms with Gasteiger partial charge in [0.1, 0.15) is 5.97 Å². The summed E-state index contributed by atoms with van der Waals surface area (Å²) in [4.78, 5) is 22.7. The summed E-state index contributed by atoms with van der Waals surface area (Å²) >= 11 is 0. The quantitative estimate of drug-likeness (QED) is 0.429. The van der Waals surface area contributed by atoms with Crippen LogP contribution in [0.25, 0.3) is 0 Å². The molecule has 0 aliphatic heterocycles. The highest BCUT2D eigenvalue weighted by atomic mass is 19.4. The van der Waals surface area contributed by atoms with Crippen LogP contribution < -0.4 is 21.6 Å². The number of carbonyl (C=O) groups is 2. The normalized spacial score (nSPS) is 19.4. The lowest BCUT2D eigenvalue weighted by Gasteiger charge is -2.03. The SMILES string of the molecule is NC(N)=[NH+]C(=O)[C@H]1C[C@@H]1c1ccccc1.O=C([O-])C(F)(F)F. The van der Waals surface area contributed by atoms with Gasteiger partial charge in [0.2, 0.25) is 0 Å². The first-order valence-electron chi connectivity index (χ1n) is 6.14. The standard InChI is InChI=1S/C11H13N3O.C2HF3O2/c12-11(13)14-10(15)9-6-8(9)7-4-2-1-3-5-7;3-2(4,5)1(6)7/h1-5,8-9H,6H2,(H4,12,13,14,15);(H,6,7)/t8-,9+;/m1./s1. The number of nitrogens with one attached hydrogen (secondary N) is 1. The molecular formula is C13H14F3N3O3. The van der Waals surface area contributed by atoms with Crippen molar-refractivity contribution in [2.45, 2.75) is 18.5 Å². The van der Waals surface area contributed by atoms with Crippen molar-refractivity contribution in [1.82, 2.24) is 0 Å². The van der Waals surface area contributed by atoms with Crippen LogP contribution in [0, 0.1) is 5.92 Å². The third-order valence-electron chi connectivity index (χ3n) is 2.85. The predicted molar refractivity (Wildman–Crippen MR) is 67.7 cm³/mol. The Labute approximate surface area is 123 Å². The van der Waals surface area contributed by atoms with Gasteiger partial charge in [-0.3, -0.25) is 16.3 Å². The molecule has 2 rings (SSSR count). The van der Waals surface area contributed by atoms with Crippen LogP contribution in [0.5, 0.6) is 0 Å². The van der Waals surface area contributed by atoms with Gasteiger partial charge in [0.25, 0.3) is 5.91 Å². The summed E-state index contributed by atoms with van der Waals surface area (Å²) in [5, 5.41) is 8.78. The van der Waals surface area contributed by atoms with E-state index in [1.165, 1.54) is 5.56 Å². The molecule has 0 saturated heterocycles. The minimum Gasteiger partial charge on any atom is -0.542 e. The van der Waals surface area contributed by atoms with Crippen LogP contribution >= 0.6 is 0 Å². The van der Waals surface area contributed by atoms with Crippen LogP contribution in [0.1, 0.15) is 17.9 Å². The van der Waals surface area contributed by atoms with E-state index in [1.54, 1.807) is 0 Å². The molecule has 22 heavy (non-hydrogen) atoms. The van der Waals surface area contributed by atoms with Crippen molar-refractivity contribution in [3.63, 3.8) is 0 Å². The van der Waals surface area contributed by atoms with Crippen molar-refractivity contribution in [3.8, 4) is 0 Å². The highest BCUT2D eigenvalue weighted by Gasteiger charge is 2.44. The summed E-state index contributed by atoms with van der Waals surface area (Å²) in [5.74, 6) is -2.77. The van der Waals surface area contributed by atoms with E-state index in [9.17, 15) is 18.0 Å². The second kappa shape index (κ2) is 6.92. The molecule has 0 heterocycles. The number of halogens is 3. The number of carbonyl (C=O) groups excluding carboxylic acids is 2. The summed E-state index contributed by atoms with van der Waals surface area (Å²) in [6, 6.07) is 9.99. The fraction of sp³-hybridized carbons (Fsp3) is 0.308. The van der Waals surface area contributed by atoms with Crippen molar-refractivity contribution in [2.75, 3.05) is 0 Å². The molecule has 1 aromatic rings. The van der Waals surface area contributed by atoms with Gasteiger partial charge in [-0.2, -0.15) is 13.2 Å². The Kier molecular flexibility index (Phi) is 5.50. The van der Waals surface area contributed by atoms with Gasteiger partial charge < -0.3 is 9.90 Å². The van der Waals surface area contributed by atoms with E-state index in [-0.39, 0.29) is 17.8 Å². The summed E-state index contributed by atoms with van der Waals surface area (Å²) in [6.45, 7) is 0. The van der Waals surface area contributed by atoms with Gasteiger partial charge in [-0.15, -0.1) is 0 Å². The summed E-state index contributed by atoms with van der Waals surface area (Å²) in [6.07, 6.45) is -4.32. The van der Waals surface area contributed by atoms with Crippen molar-refractivity contribution in [2.24, 2.45) is 17.4 Å². The molecule has 1 aliphatic rings. The molecular weight excluding hydrogens is 303 g/mol. The Morgan fingerprint density at radius 1 is 1.18 bits per heavy atom. The second-order valence-corrected chi connectivity index (χ2v) is 4.59. The Bertz CT molecular complexity index is 569. The zero-order chi connectivity index (χ0) is 16.9. The molecule has 1 saturated carbocycles. The molecule has 1 aromatic carbocycles. The molecule has 0 aromatic heterocycles. The van der Waals surface area contributed by atoms with Crippen molar-refractivity contribution in [3.05, 3.63) is 35.9 Å². The van der Waals surface area contributed by atoms with E-state index in [0.717, 1.165) is 6.42 Å². The van der Waals surface area contributed by atoms with Crippen LogP contribution in [0.3, 0.4) is 0 Å². The number of benzene rings is 1. The van der Waals surface area contributed by atoms with E-state index in [1.807, 2.05) is 30.3 Å². The Morgan fingerprint density at radius 2 is 1.68 bits per heavy atom. The first-order valence-corrected chi connectivity index (χ1v) is 6.14. The molecule has 0 spiro atoms. The first kappa shape index (κ1) is 17.5. The minimum atomic E-state index is -5.19. The number of alkyl halides is 3. The number of guanidine groups is 1. The molecule has 0 bridgehead atoms. The van der Waals surface area contributed by atoms with Crippen molar-refractivity contribution < 1.29 is 32.9 Å². The van der Waals surface area contributed by atoms with Crippen molar-refractivity contribution >= 4 is 17.8 Å². The van der Waals surface area contributed by atoms with E-state index in [2.05, 4.69) is 4.99 Å². The number of hydrogen-bond acceptors (Lipinski definition) is 3. The maximum Gasteiger partial charge on any atom is 0.430 e. The Hall–Kier alpha value is -2.58. The van der Waals surface area contributed by atoms with Gasteiger partial charge >= 0.3 is 12.1 Å². The molecule has 1 fully saturated rings. The molecule has 9 heteroatoms. The molecule has 6 nitrogen and oxygen atoms in total. The van der Waals surface area contributed by atoms with Crippen LogP contribution in [-0.4, -0.2) is 24.0 Å². The number of hydrogen-bond donors (Lipinski definition) is 3. The van der Waals surface area contributed by atoms with Crippen LogP contribution in [0.4, 0.5) is 13.2 Å². The zero-order valence-corrected chi connectivity index (χ0v) is 11.3. The van der Waals surface area contributed by atoms with E-state index >= 15 is 0 Å². The predicted octanol–water partition coefficient (Wildman–Crippen LogP) is -2.03. The maximum atomic E-state index is 11.5. The Morgan fingerprint density at radius 3 is 2.09 bits per heavy atom. The number of carboxylic acids is 1. The van der Waals surface area contributed by atoms with Gasteiger partial charge in [0.05, 0.1) is 5.92 Å². The Balaban J connectivity index is 0.000000295. The van der Waals surface area contributed by atoms with Crippen molar-refractivity contribution in [1.29, 1.82) is 0 Å². The topological polar surface area (TPSA) is 123 Å². The van der Waals surface area contributed by atoms with Crippen LogP contribution in [-0.2, 0) is 9.59 Å². The lowest BCUT2D eigenvalue weighted by molar-refractivity contribution is -0.381. The fourth-order valence-electron chi connectivity index (χ4n) is 1.79. The van der Waals surface area contributed by atoms with Gasteiger partial charge in [0, 0.05) is 0 Å². The largest absolute Gasteiger partial charge is 0.542 e. The maximum absolute atomic E-state index is 11.5. The average Bonchev–Trinajstić information content (AvgIpc) is 3.19. The van der Waals surface area contributed by atoms with Crippen LogP contribution in [0.2, 0.25) is 0 Å². The molecule has 1 amide bonds.